The zero-order valence-electron chi connectivity index (χ0n) is 11.9. The number of aliphatic hydroxyl groups is 1. The summed E-state index contributed by atoms with van der Waals surface area (Å²) in [6, 6.07) is 0. The number of aryl methyl sites for hydroxylation is 2. The summed E-state index contributed by atoms with van der Waals surface area (Å²) in [5.41, 5.74) is 1.82. The van der Waals surface area contributed by atoms with Crippen molar-refractivity contribution in [1.29, 1.82) is 0 Å². The molecule has 1 saturated heterocycles. The van der Waals surface area contributed by atoms with E-state index in [2.05, 4.69) is 21.4 Å². The first kappa shape index (κ1) is 14.0. The Morgan fingerprint density at radius 2 is 2.32 bits per heavy atom. The Kier molecular flexibility index (Phi) is 4.20. The number of rotatable bonds is 4. The van der Waals surface area contributed by atoms with Gasteiger partial charge in [0.1, 0.15) is 5.82 Å². The molecule has 1 aliphatic rings. The van der Waals surface area contributed by atoms with E-state index in [-0.39, 0.29) is 12.0 Å². The second-order valence-electron chi connectivity index (χ2n) is 5.60. The van der Waals surface area contributed by atoms with Crippen LogP contribution in [-0.2, 0) is 0 Å². The third kappa shape index (κ3) is 2.95. The van der Waals surface area contributed by atoms with E-state index in [1.807, 2.05) is 19.9 Å². The zero-order valence-corrected chi connectivity index (χ0v) is 11.9. The average molecular weight is 261 g/mol. The molecule has 1 aromatic rings. The van der Waals surface area contributed by atoms with Crippen LogP contribution in [0, 0.1) is 19.3 Å². The molecule has 19 heavy (non-hydrogen) atoms. The largest absolute Gasteiger partial charge is 0.396 e. The number of aromatic nitrogens is 2. The lowest BCUT2D eigenvalue weighted by atomic mass is 9.78. The maximum atomic E-state index is 9.75. The van der Waals surface area contributed by atoms with Crippen LogP contribution in [0.4, 0.5) is 5.82 Å². The summed E-state index contributed by atoms with van der Waals surface area (Å²) >= 11 is 0. The summed E-state index contributed by atoms with van der Waals surface area (Å²) in [6.07, 6.45) is 6.67. The van der Waals surface area contributed by atoms with Gasteiger partial charge in [-0.3, -0.25) is 4.98 Å². The highest BCUT2D eigenvalue weighted by Gasteiger charge is 2.34. The number of hydrogen-bond acceptors (Lipinski definition) is 4. The first-order chi connectivity index (χ1) is 9.10. The van der Waals surface area contributed by atoms with E-state index in [9.17, 15) is 5.11 Å². The first-order valence-electron chi connectivity index (χ1n) is 6.87. The van der Waals surface area contributed by atoms with Crippen LogP contribution in [-0.4, -0.2) is 34.8 Å². The molecule has 4 nitrogen and oxygen atoms in total. The van der Waals surface area contributed by atoms with Gasteiger partial charge in [0.05, 0.1) is 18.0 Å². The molecule has 0 aromatic carbocycles. The molecule has 1 atom stereocenters. The molecule has 0 aliphatic carbocycles. The second kappa shape index (κ2) is 5.70. The molecule has 1 unspecified atom stereocenters. The van der Waals surface area contributed by atoms with Crippen molar-refractivity contribution in [1.82, 2.24) is 9.97 Å². The van der Waals surface area contributed by atoms with E-state index in [1.165, 1.54) is 0 Å². The molecule has 1 aliphatic heterocycles. The normalized spacial score (nSPS) is 23.4. The van der Waals surface area contributed by atoms with Crippen LogP contribution in [0.3, 0.4) is 0 Å². The van der Waals surface area contributed by atoms with Gasteiger partial charge in [0.2, 0.25) is 0 Å². The average Bonchev–Trinajstić information content (AvgIpc) is 2.42. The summed E-state index contributed by atoms with van der Waals surface area (Å²) in [6.45, 7) is 9.79. The summed E-state index contributed by atoms with van der Waals surface area (Å²) < 4.78 is 0. The monoisotopic (exact) mass is 261 g/mol. The third-order valence-electron chi connectivity index (χ3n) is 3.92. The van der Waals surface area contributed by atoms with Crippen LogP contribution in [0.1, 0.15) is 30.7 Å². The number of anilines is 1. The smallest absolute Gasteiger partial charge is 0.150 e. The predicted molar refractivity (Wildman–Crippen MR) is 77.3 cm³/mol. The minimum Gasteiger partial charge on any atom is -0.396 e. The fourth-order valence-corrected chi connectivity index (χ4v) is 2.88. The van der Waals surface area contributed by atoms with Crippen LogP contribution < -0.4 is 4.90 Å². The topological polar surface area (TPSA) is 49.2 Å². The molecule has 1 N–H and O–H groups in total. The fourth-order valence-electron chi connectivity index (χ4n) is 2.88. The van der Waals surface area contributed by atoms with Crippen LogP contribution in [0.2, 0.25) is 0 Å². The maximum Gasteiger partial charge on any atom is 0.150 e. The van der Waals surface area contributed by atoms with Gasteiger partial charge in [0, 0.05) is 24.7 Å². The van der Waals surface area contributed by atoms with Crippen molar-refractivity contribution in [2.45, 2.75) is 33.1 Å². The number of nitrogens with zero attached hydrogens (tertiary/aromatic N) is 3. The van der Waals surface area contributed by atoms with Crippen molar-refractivity contribution >= 4 is 5.82 Å². The Hall–Kier alpha value is -1.42. The van der Waals surface area contributed by atoms with E-state index in [0.717, 1.165) is 49.6 Å². The Bertz CT molecular complexity index is 461. The quantitative estimate of drug-likeness (QED) is 0.845. The van der Waals surface area contributed by atoms with Gasteiger partial charge in [0.15, 0.2) is 0 Å². The second-order valence-corrected chi connectivity index (χ2v) is 5.60. The minimum atomic E-state index is -0.0716. The molecule has 4 heteroatoms. The van der Waals surface area contributed by atoms with E-state index in [1.54, 1.807) is 6.20 Å². The molecule has 0 bridgehead atoms. The number of allylic oxidation sites excluding steroid dienone is 1. The highest BCUT2D eigenvalue weighted by Crippen LogP contribution is 2.35. The van der Waals surface area contributed by atoms with E-state index < -0.39 is 0 Å². The maximum absolute atomic E-state index is 9.75. The molecule has 0 spiro atoms. The summed E-state index contributed by atoms with van der Waals surface area (Å²) in [5.74, 6) is 0.960. The van der Waals surface area contributed by atoms with Gasteiger partial charge in [-0.25, -0.2) is 4.98 Å². The van der Waals surface area contributed by atoms with Gasteiger partial charge in [-0.2, -0.15) is 0 Å². The van der Waals surface area contributed by atoms with Gasteiger partial charge < -0.3 is 10.0 Å². The highest BCUT2D eigenvalue weighted by molar-refractivity contribution is 5.44. The molecular formula is C15H23N3O. The number of hydrogen-bond donors (Lipinski definition) is 1. The van der Waals surface area contributed by atoms with Crippen molar-refractivity contribution in [2.24, 2.45) is 5.41 Å². The van der Waals surface area contributed by atoms with Crippen molar-refractivity contribution in [3.63, 3.8) is 0 Å². The Morgan fingerprint density at radius 3 is 3.00 bits per heavy atom. The van der Waals surface area contributed by atoms with Crippen molar-refractivity contribution in [3.8, 4) is 0 Å². The molecule has 0 amide bonds. The van der Waals surface area contributed by atoms with Gasteiger partial charge in [-0.05, 0) is 33.1 Å². The molecule has 1 fully saturated rings. The lowest BCUT2D eigenvalue weighted by molar-refractivity contribution is 0.108. The Morgan fingerprint density at radius 1 is 1.53 bits per heavy atom. The van der Waals surface area contributed by atoms with Crippen molar-refractivity contribution in [3.05, 3.63) is 30.2 Å². The predicted octanol–water partition coefficient (Wildman–Crippen LogP) is 2.25. The van der Waals surface area contributed by atoms with Crippen molar-refractivity contribution < 1.29 is 5.11 Å². The number of piperidine rings is 1. The van der Waals surface area contributed by atoms with Crippen LogP contribution >= 0.6 is 0 Å². The Labute approximate surface area is 115 Å². The van der Waals surface area contributed by atoms with E-state index in [4.69, 9.17) is 0 Å². The fraction of sp³-hybridized carbons (Fsp3) is 0.600. The van der Waals surface area contributed by atoms with Gasteiger partial charge in [-0.15, -0.1) is 6.58 Å². The Balaban J connectivity index is 2.25. The minimum absolute atomic E-state index is 0.0716. The molecule has 2 heterocycles. The van der Waals surface area contributed by atoms with E-state index in [0.29, 0.717) is 0 Å². The van der Waals surface area contributed by atoms with Crippen LogP contribution in [0.15, 0.2) is 18.9 Å². The summed E-state index contributed by atoms with van der Waals surface area (Å²) in [7, 11) is 0. The molecule has 0 radical (unpaired) electrons. The zero-order chi connectivity index (χ0) is 13.9. The molecule has 104 valence electrons. The highest BCUT2D eigenvalue weighted by atomic mass is 16.3. The molecule has 2 rings (SSSR count). The van der Waals surface area contributed by atoms with Gasteiger partial charge >= 0.3 is 0 Å². The molecular weight excluding hydrogens is 238 g/mol. The van der Waals surface area contributed by atoms with Crippen molar-refractivity contribution in [2.75, 3.05) is 24.6 Å². The lowest BCUT2D eigenvalue weighted by Gasteiger charge is -2.42. The van der Waals surface area contributed by atoms with Gasteiger partial charge in [0.25, 0.3) is 0 Å². The number of aliphatic hydroxyl groups excluding tert-OH is 1. The van der Waals surface area contributed by atoms with Crippen LogP contribution in [0.5, 0.6) is 0 Å². The summed E-state index contributed by atoms with van der Waals surface area (Å²) in [4.78, 5) is 11.3. The molecule has 0 saturated carbocycles. The first-order valence-corrected chi connectivity index (χ1v) is 6.87. The lowest BCUT2D eigenvalue weighted by Crippen LogP contribution is -2.46. The standard InChI is InChI=1S/C15H23N3O/c1-4-6-15(11-19)7-5-8-18(10-15)14-13(3)16-9-12(2)17-14/h4,9,19H,1,5-8,10-11H2,2-3H3. The van der Waals surface area contributed by atoms with Gasteiger partial charge in [-0.1, -0.05) is 6.08 Å². The SMILES string of the molecule is C=CCC1(CO)CCCN(c2nc(C)cnc2C)C1. The molecule has 1 aromatic heterocycles. The van der Waals surface area contributed by atoms with E-state index >= 15 is 0 Å². The third-order valence-corrected chi connectivity index (χ3v) is 3.92. The van der Waals surface area contributed by atoms with Crippen LogP contribution in [0.25, 0.3) is 0 Å². The summed E-state index contributed by atoms with van der Waals surface area (Å²) in [5, 5.41) is 9.75.